The van der Waals surface area contributed by atoms with Crippen LogP contribution in [-0.4, -0.2) is 70.8 Å². The highest BCUT2D eigenvalue weighted by molar-refractivity contribution is 6.35. The Morgan fingerprint density at radius 3 is 1.44 bits per heavy atom. The number of rotatable bonds is 6. The fourth-order valence-corrected chi connectivity index (χ4v) is 0.711. The lowest BCUT2D eigenvalue weighted by molar-refractivity contribution is -0.139. The Balaban J connectivity index is 3.78. The number of amides is 2. The number of hydrogen-bond acceptors (Lipinski definition) is 6. The number of aliphatic hydroxyl groups is 4. The Labute approximate surface area is 91.9 Å². The maximum Gasteiger partial charge on any atom is 0.309 e. The molecule has 0 rings (SSSR count). The minimum atomic E-state index is -1.13. The van der Waals surface area contributed by atoms with Crippen LogP contribution in [-0.2, 0) is 9.59 Å². The number of hydrogen-bond donors (Lipinski definition) is 6. The third kappa shape index (κ3) is 6.30. The van der Waals surface area contributed by atoms with Gasteiger partial charge in [0.25, 0.3) is 0 Å². The fraction of sp³-hybridized carbons (Fsp3) is 0.750. The van der Waals surface area contributed by atoms with Gasteiger partial charge in [-0.1, -0.05) is 0 Å². The van der Waals surface area contributed by atoms with Gasteiger partial charge in [0.1, 0.15) is 0 Å². The van der Waals surface area contributed by atoms with Gasteiger partial charge in [0.05, 0.1) is 25.4 Å². The van der Waals surface area contributed by atoms with Crippen LogP contribution < -0.4 is 10.6 Å². The van der Waals surface area contributed by atoms with E-state index < -0.39 is 37.2 Å². The normalized spacial score (nSPS) is 14.0. The van der Waals surface area contributed by atoms with E-state index in [1.807, 2.05) is 0 Å². The van der Waals surface area contributed by atoms with Crippen molar-refractivity contribution in [3.05, 3.63) is 0 Å². The van der Waals surface area contributed by atoms with Crippen molar-refractivity contribution < 1.29 is 30.0 Å². The summed E-state index contributed by atoms with van der Waals surface area (Å²) in [6.45, 7) is -1.53. The standard InChI is InChI=1S/C8H16N2O6/c11-3-5(13)1-9-7(15)8(16)10-2-6(14)4-12/h5-6,11-14H,1-4H2,(H,9,15)(H,10,16). The van der Waals surface area contributed by atoms with Crippen molar-refractivity contribution in [2.75, 3.05) is 26.3 Å². The largest absolute Gasteiger partial charge is 0.394 e. The molecule has 2 atom stereocenters. The third-order valence-corrected chi connectivity index (χ3v) is 1.62. The van der Waals surface area contributed by atoms with Crippen molar-refractivity contribution in [1.82, 2.24) is 10.6 Å². The zero-order valence-corrected chi connectivity index (χ0v) is 8.59. The molecule has 0 spiro atoms. The Kier molecular flexibility index (Phi) is 7.38. The van der Waals surface area contributed by atoms with E-state index in [2.05, 4.69) is 10.6 Å². The third-order valence-electron chi connectivity index (χ3n) is 1.62. The summed E-state index contributed by atoms with van der Waals surface area (Å²) >= 11 is 0. The molecule has 0 bridgehead atoms. The summed E-state index contributed by atoms with van der Waals surface area (Å²) in [6, 6.07) is 0. The lowest BCUT2D eigenvalue weighted by Gasteiger charge is -2.10. The molecular formula is C8H16N2O6. The first kappa shape index (κ1) is 14.8. The molecule has 0 aliphatic heterocycles. The Morgan fingerprint density at radius 1 is 0.875 bits per heavy atom. The summed E-state index contributed by atoms with van der Waals surface area (Å²) in [7, 11) is 0. The average molecular weight is 236 g/mol. The molecule has 0 fully saturated rings. The van der Waals surface area contributed by atoms with Gasteiger partial charge in [-0.15, -0.1) is 0 Å². The zero-order chi connectivity index (χ0) is 12.6. The van der Waals surface area contributed by atoms with Crippen LogP contribution in [0, 0.1) is 0 Å². The van der Waals surface area contributed by atoms with E-state index in [9.17, 15) is 9.59 Å². The molecule has 0 saturated carbocycles. The van der Waals surface area contributed by atoms with E-state index in [4.69, 9.17) is 20.4 Å². The van der Waals surface area contributed by atoms with Crippen LogP contribution in [0.3, 0.4) is 0 Å². The maximum absolute atomic E-state index is 11.0. The first-order chi connectivity index (χ1) is 7.51. The molecular weight excluding hydrogens is 220 g/mol. The van der Waals surface area contributed by atoms with Gasteiger partial charge in [-0.25, -0.2) is 0 Å². The zero-order valence-electron chi connectivity index (χ0n) is 8.59. The number of carbonyl (C=O) groups is 2. The van der Waals surface area contributed by atoms with Gasteiger partial charge >= 0.3 is 11.8 Å². The minimum Gasteiger partial charge on any atom is -0.394 e. The van der Waals surface area contributed by atoms with Gasteiger partial charge in [-0.3, -0.25) is 9.59 Å². The highest BCUT2D eigenvalue weighted by atomic mass is 16.3. The van der Waals surface area contributed by atoms with E-state index >= 15 is 0 Å². The lowest BCUT2D eigenvalue weighted by atomic mass is 10.3. The van der Waals surface area contributed by atoms with Crippen LogP contribution in [0.5, 0.6) is 0 Å². The molecule has 2 unspecified atom stereocenters. The summed E-state index contributed by atoms with van der Waals surface area (Å²) in [5.41, 5.74) is 0. The molecule has 94 valence electrons. The summed E-state index contributed by atoms with van der Waals surface area (Å²) in [4.78, 5) is 22.0. The van der Waals surface area contributed by atoms with Gasteiger partial charge in [-0.2, -0.15) is 0 Å². The molecule has 0 radical (unpaired) electrons. The van der Waals surface area contributed by atoms with Gasteiger partial charge < -0.3 is 31.1 Å². The SMILES string of the molecule is O=C(NCC(O)CO)C(=O)NCC(O)CO. The number of aliphatic hydroxyl groups excluding tert-OH is 4. The van der Waals surface area contributed by atoms with Gasteiger partial charge in [-0.05, 0) is 0 Å². The summed E-state index contributed by atoms with van der Waals surface area (Å²) < 4.78 is 0. The molecule has 16 heavy (non-hydrogen) atoms. The number of carbonyl (C=O) groups excluding carboxylic acids is 2. The van der Waals surface area contributed by atoms with Crippen LogP contribution in [0.4, 0.5) is 0 Å². The molecule has 0 aromatic rings. The van der Waals surface area contributed by atoms with Crippen LogP contribution in [0.2, 0.25) is 0 Å². The molecule has 8 heteroatoms. The van der Waals surface area contributed by atoms with Crippen LogP contribution in [0.15, 0.2) is 0 Å². The van der Waals surface area contributed by atoms with Crippen molar-refractivity contribution >= 4 is 11.8 Å². The Bertz CT molecular complexity index is 211. The molecule has 2 amide bonds. The maximum atomic E-state index is 11.0. The Morgan fingerprint density at radius 2 is 1.19 bits per heavy atom. The van der Waals surface area contributed by atoms with E-state index in [1.54, 1.807) is 0 Å². The smallest absolute Gasteiger partial charge is 0.309 e. The van der Waals surface area contributed by atoms with Gasteiger partial charge in [0.15, 0.2) is 0 Å². The summed E-state index contributed by atoms with van der Waals surface area (Å²) in [5, 5.41) is 38.8. The summed E-state index contributed by atoms with van der Waals surface area (Å²) in [6.07, 6.45) is -2.25. The second-order valence-corrected chi connectivity index (χ2v) is 3.09. The molecule has 0 aliphatic carbocycles. The number of nitrogens with one attached hydrogen (secondary N) is 2. The summed E-state index contributed by atoms with van der Waals surface area (Å²) in [5.74, 6) is -1.98. The fourth-order valence-electron chi connectivity index (χ4n) is 0.711. The molecule has 6 N–H and O–H groups in total. The van der Waals surface area contributed by atoms with Crippen molar-refractivity contribution in [2.45, 2.75) is 12.2 Å². The van der Waals surface area contributed by atoms with Gasteiger partial charge in [0, 0.05) is 13.1 Å². The highest BCUT2D eigenvalue weighted by Gasteiger charge is 2.15. The quantitative estimate of drug-likeness (QED) is 0.259. The van der Waals surface area contributed by atoms with E-state index in [-0.39, 0.29) is 13.1 Å². The van der Waals surface area contributed by atoms with E-state index in [0.29, 0.717) is 0 Å². The molecule has 0 saturated heterocycles. The van der Waals surface area contributed by atoms with Gasteiger partial charge in [0.2, 0.25) is 0 Å². The second kappa shape index (κ2) is 7.99. The van der Waals surface area contributed by atoms with E-state index in [0.717, 1.165) is 0 Å². The monoisotopic (exact) mass is 236 g/mol. The lowest BCUT2D eigenvalue weighted by Crippen LogP contribution is -2.45. The van der Waals surface area contributed by atoms with Crippen molar-refractivity contribution in [3.63, 3.8) is 0 Å². The van der Waals surface area contributed by atoms with Crippen LogP contribution in [0.25, 0.3) is 0 Å². The predicted molar refractivity (Wildman–Crippen MR) is 52.2 cm³/mol. The first-order valence-corrected chi connectivity index (χ1v) is 4.65. The highest BCUT2D eigenvalue weighted by Crippen LogP contribution is 1.79. The topological polar surface area (TPSA) is 139 Å². The molecule has 0 aliphatic rings. The average Bonchev–Trinajstić information content (AvgIpc) is 2.31. The first-order valence-electron chi connectivity index (χ1n) is 4.65. The Hall–Kier alpha value is -1.22. The van der Waals surface area contributed by atoms with E-state index in [1.165, 1.54) is 0 Å². The van der Waals surface area contributed by atoms with Crippen LogP contribution in [0.1, 0.15) is 0 Å². The molecule has 0 heterocycles. The molecule has 0 aromatic heterocycles. The van der Waals surface area contributed by atoms with Crippen LogP contribution >= 0.6 is 0 Å². The van der Waals surface area contributed by atoms with Crippen molar-refractivity contribution in [2.24, 2.45) is 0 Å². The molecule has 8 nitrogen and oxygen atoms in total. The second-order valence-electron chi connectivity index (χ2n) is 3.09. The predicted octanol–water partition coefficient (Wildman–Crippen LogP) is -4.07. The minimum absolute atomic E-state index is 0.245. The molecule has 0 aromatic carbocycles. The van der Waals surface area contributed by atoms with Crippen molar-refractivity contribution in [3.8, 4) is 0 Å². The van der Waals surface area contributed by atoms with Crippen molar-refractivity contribution in [1.29, 1.82) is 0 Å².